The highest BCUT2D eigenvalue weighted by atomic mass is 32.2. The number of nitrogens with zero attached hydrogens (tertiary/aromatic N) is 5. The van der Waals surface area contributed by atoms with Crippen LogP contribution in [-0.4, -0.2) is 66.7 Å². The molecule has 2 bridgehead atoms. The van der Waals surface area contributed by atoms with E-state index >= 15 is 0 Å². The number of hydrogen-bond donors (Lipinski definition) is 1. The average molecular weight is 505 g/mol. The van der Waals surface area contributed by atoms with Crippen molar-refractivity contribution in [3.05, 3.63) is 54.5 Å². The third-order valence-corrected chi connectivity index (χ3v) is 7.55. The van der Waals surface area contributed by atoms with Crippen LogP contribution in [0.1, 0.15) is 12.0 Å². The van der Waals surface area contributed by atoms with Gasteiger partial charge in [-0.1, -0.05) is 0 Å². The van der Waals surface area contributed by atoms with Gasteiger partial charge in [-0.25, -0.2) is 18.4 Å². The van der Waals surface area contributed by atoms with Crippen LogP contribution in [0.3, 0.4) is 0 Å². The Kier molecular flexibility index (Phi) is 5.67. The maximum Gasteiger partial charge on any atom is 0.418 e. The van der Waals surface area contributed by atoms with Gasteiger partial charge in [-0.2, -0.15) is 13.2 Å². The zero-order chi connectivity index (χ0) is 25.0. The molecular formula is C23H23F3N6O2S. The Morgan fingerprint density at radius 1 is 1.09 bits per heavy atom. The fourth-order valence-corrected chi connectivity index (χ4v) is 5.32. The minimum atomic E-state index is -4.53. The summed E-state index contributed by atoms with van der Waals surface area (Å²) >= 11 is 0. The highest BCUT2D eigenvalue weighted by molar-refractivity contribution is 7.90. The first-order valence-corrected chi connectivity index (χ1v) is 12.8. The van der Waals surface area contributed by atoms with E-state index < -0.39 is 21.6 Å². The number of benzene rings is 1. The number of piperazine rings is 1. The standard InChI is InChI=1S/C23H23F3N6O2S/c1-31-12-17-9-16(31)13-32(17)21-4-3-15(8-19(21)23(24,25)26)29-22-28-6-5-20(30-22)14-7-18(11-27-10-14)35(2,33)34/h3-8,10-11,16-17H,9,12-13H2,1-2H3,(H,28,29,30)/t16-,17-/m0/s1. The Hall–Kier alpha value is -3.25. The summed E-state index contributed by atoms with van der Waals surface area (Å²) < 4.78 is 65.7. The summed E-state index contributed by atoms with van der Waals surface area (Å²) in [6.07, 6.45) is 1.55. The second kappa shape index (κ2) is 8.45. The van der Waals surface area contributed by atoms with Gasteiger partial charge in [-0.15, -0.1) is 0 Å². The molecule has 1 N–H and O–H groups in total. The number of alkyl halides is 3. The van der Waals surface area contributed by atoms with Crippen molar-refractivity contribution in [1.29, 1.82) is 0 Å². The number of halogens is 3. The minimum Gasteiger partial charge on any atom is -0.365 e. The highest BCUT2D eigenvalue weighted by Crippen LogP contribution is 2.42. The lowest BCUT2D eigenvalue weighted by atomic mass is 10.1. The Labute approximate surface area is 200 Å². The topological polar surface area (TPSA) is 91.3 Å². The van der Waals surface area contributed by atoms with Gasteiger partial charge in [0.15, 0.2) is 9.84 Å². The molecule has 0 amide bonds. The lowest BCUT2D eigenvalue weighted by Gasteiger charge is -2.35. The van der Waals surface area contributed by atoms with Crippen molar-refractivity contribution in [3.63, 3.8) is 0 Å². The summed E-state index contributed by atoms with van der Waals surface area (Å²) in [5.41, 5.74) is 0.493. The predicted octanol–water partition coefficient (Wildman–Crippen LogP) is 3.60. The van der Waals surface area contributed by atoms with Crippen molar-refractivity contribution < 1.29 is 21.6 Å². The maximum atomic E-state index is 14.0. The number of rotatable bonds is 5. The van der Waals surface area contributed by atoms with Crippen LogP contribution in [0.15, 0.2) is 53.8 Å². The van der Waals surface area contributed by atoms with Crippen LogP contribution in [-0.2, 0) is 16.0 Å². The van der Waals surface area contributed by atoms with Crippen molar-refractivity contribution in [3.8, 4) is 11.3 Å². The van der Waals surface area contributed by atoms with Crippen LogP contribution in [0, 0.1) is 0 Å². The van der Waals surface area contributed by atoms with Crippen LogP contribution in [0.2, 0.25) is 0 Å². The molecule has 0 spiro atoms. The van der Waals surface area contributed by atoms with Crippen molar-refractivity contribution in [2.75, 3.05) is 36.6 Å². The van der Waals surface area contributed by atoms with E-state index in [1.165, 1.54) is 30.7 Å². The zero-order valence-electron chi connectivity index (χ0n) is 19.0. The molecule has 12 heteroatoms. The highest BCUT2D eigenvalue weighted by Gasteiger charge is 2.44. The van der Waals surface area contributed by atoms with Gasteiger partial charge in [0.2, 0.25) is 5.95 Å². The summed E-state index contributed by atoms with van der Waals surface area (Å²) in [5.74, 6) is 0.0787. The molecule has 2 aliphatic rings. The van der Waals surface area contributed by atoms with Gasteiger partial charge in [0.05, 0.1) is 16.2 Å². The summed E-state index contributed by atoms with van der Waals surface area (Å²) in [5, 5.41) is 2.84. The number of nitrogens with one attached hydrogen (secondary N) is 1. The number of anilines is 3. The van der Waals surface area contributed by atoms with Gasteiger partial charge < -0.3 is 10.2 Å². The zero-order valence-corrected chi connectivity index (χ0v) is 19.8. The predicted molar refractivity (Wildman–Crippen MR) is 125 cm³/mol. The molecule has 35 heavy (non-hydrogen) atoms. The Balaban J connectivity index is 1.43. The van der Waals surface area contributed by atoms with Crippen LogP contribution in [0.5, 0.6) is 0 Å². The van der Waals surface area contributed by atoms with Gasteiger partial charge in [-0.3, -0.25) is 9.88 Å². The van der Waals surface area contributed by atoms with Gasteiger partial charge >= 0.3 is 6.18 Å². The first-order valence-electron chi connectivity index (χ1n) is 10.9. The number of pyridine rings is 1. The summed E-state index contributed by atoms with van der Waals surface area (Å²) in [7, 11) is -1.46. The molecule has 0 radical (unpaired) electrons. The van der Waals surface area contributed by atoms with Crippen molar-refractivity contribution >= 4 is 27.2 Å². The first-order chi connectivity index (χ1) is 16.5. The van der Waals surface area contributed by atoms with Gasteiger partial charge in [0.25, 0.3) is 0 Å². The normalized spacial score (nSPS) is 20.4. The molecule has 8 nitrogen and oxygen atoms in total. The van der Waals surface area contributed by atoms with E-state index in [1.807, 2.05) is 11.9 Å². The average Bonchev–Trinajstić information content (AvgIpc) is 3.38. The summed E-state index contributed by atoms with van der Waals surface area (Å²) in [6.45, 7) is 1.32. The minimum absolute atomic E-state index is 0.0373. The lowest BCUT2D eigenvalue weighted by Crippen LogP contribution is -2.45. The van der Waals surface area contributed by atoms with Crippen LogP contribution >= 0.6 is 0 Å². The Bertz CT molecular complexity index is 1380. The Morgan fingerprint density at radius 2 is 1.89 bits per heavy atom. The number of aromatic nitrogens is 3. The van der Waals surface area contributed by atoms with Crippen molar-refractivity contribution in [2.45, 2.75) is 29.6 Å². The molecule has 2 atom stereocenters. The smallest absolute Gasteiger partial charge is 0.365 e. The third-order valence-electron chi connectivity index (χ3n) is 6.47. The number of likely N-dealkylation sites (tertiary alicyclic amines) is 1. The number of sulfone groups is 1. The fraction of sp³-hybridized carbons (Fsp3) is 0.348. The van der Waals surface area contributed by atoms with E-state index in [2.05, 4.69) is 25.2 Å². The van der Waals surface area contributed by atoms with Crippen LogP contribution in [0.4, 0.5) is 30.5 Å². The second-order valence-electron chi connectivity index (χ2n) is 8.94. The molecule has 1 aromatic carbocycles. The molecule has 5 rings (SSSR count). The SMILES string of the molecule is CN1C[C@@H]2C[C@H]1CN2c1ccc(Nc2nccc(-c3cncc(S(C)(=O)=O)c3)n2)cc1C(F)(F)F. The molecule has 2 fully saturated rings. The van der Waals surface area contributed by atoms with E-state index in [4.69, 9.17) is 0 Å². The van der Waals surface area contributed by atoms with E-state index in [1.54, 1.807) is 12.1 Å². The van der Waals surface area contributed by atoms with E-state index in [9.17, 15) is 21.6 Å². The first kappa shape index (κ1) is 23.5. The van der Waals surface area contributed by atoms with Gasteiger partial charge in [0, 0.05) is 67.0 Å². The van der Waals surface area contributed by atoms with Gasteiger partial charge in [0.1, 0.15) is 0 Å². The molecule has 2 saturated heterocycles. The quantitative estimate of drug-likeness (QED) is 0.564. The van der Waals surface area contributed by atoms with Gasteiger partial charge in [-0.05, 0) is 43.8 Å². The molecule has 0 aliphatic carbocycles. The molecular weight excluding hydrogens is 481 g/mol. The fourth-order valence-electron chi connectivity index (χ4n) is 4.72. The van der Waals surface area contributed by atoms with E-state index in [0.717, 1.165) is 25.3 Å². The molecule has 0 saturated carbocycles. The van der Waals surface area contributed by atoms with E-state index in [0.29, 0.717) is 17.8 Å². The van der Waals surface area contributed by atoms with E-state index in [-0.39, 0.29) is 34.3 Å². The largest absolute Gasteiger partial charge is 0.418 e. The van der Waals surface area contributed by atoms with Crippen LogP contribution in [0.25, 0.3) is 11.3 Å². The molecule has 2 aliphatic heterocycles. The van der Waals surface area contributed by atoms with Crippen molar-refractivity contribution in [2.24, 2.45) is 0 Å². The molecule has 3 aromatic rings. The third kappa shape index (κ3) is 4.67. The lowest BCUT2D eigenvalue weighted by molar-refractivity contribution is -0.137. The van der Waals surface area contributed by atoms with Crippen molar-refractivity contribution in [1.82, 2.24) is 19.9 Å². The molecule has 0 unspecified atom stereocenters. The monoisotopic (exact) mass is 504 g/mol. The summed E-state index contributed by atoms with van der Waals surface area (Å²) in [4.78, 5) is 16.5. The molecule has 4 heterocycles. The summed E-state index contributed by atoms with van der Waals surface area (Å²) in [6, 6.07) is 7.50. The number of fused-ring (bicyclic) bond motifs is 2. The number of likely N-dealkylation sites (N-methyl/N-ethyl adjacent to an activating group) is 1. The second-order valence-corrected chi connectivity index (χ2v) is 11.0. The molecule has 2 aromatic heterocycles. The number of hydrogen-bond acceptors (Lipinski definition) is 8. The Morgan fingerprint density at radius 3 is 2.54 bits per heavy atom. The maximum absolute atomic E-state index is 14.0. The molecule has 184 valence electrons. The van der Waals surface area contributed by atoms with Crippen LogP contribution < -0.4 is 10.2 Å².